The molecule has 3 rings (SSSR count). The summed E-state index contributed by atoms with van der Waals surface area (Å²) < 4.78 is 5.57. The van der Waals surface area contributed by atoms with Gasteiger partial charge in [-0.2, -0.15) is 0 Å². The fourth-order valence-corrected chi connectivity index (χ4v) is 2.42. The van der Waals surface area contributed by atoms with E-state index in [1.165, 1.54) is 17.4 Å². The molecule has 20 heavy (non-hydrogen) atoms. The maximum atomic E-state index is 11.7. The van der Waals surface area contributed by atoms with Crippen LogP contribution in [0.2, 0.25) is 5.02 Å². The van der Waals surface area contributed by atoms with Crippen LogP contribution < -0.4 is 5.32 Å². The fraction of sp³-hybridized carbons (Fsp3) is 0. The van der Waals surface area contributed by atoms with E-state index in [0.29, 0.717) is 15.9 Å². The molecular formula is C14H9ClN2O2S. The number of anilines is 1. The molecule has 2 aromatic heterocycles. The molecule has 3 aromatic rings. The zero-order valence-electron chi connectivity index (χ0n) is 10.2. The van der Waals surface area contributed by atoms with Crippen molar-refractivity contribution in [2.45, 2.75) is 0 Å². The summed E-state index contributed by atoms with van der Waals surface area (Å²) in [7, 11) is 0. The predicted molar refractivity (Wildman–Crippen MR) is 81.0 cm³/mol. The van der Waals surface area contributed by atoms with E-state index in [4.69, 9.17) is 16.0 Å². The lowest BCUT2D eigenvalue weighted by molar-refractivity contribution is -0.111. The molecule has 100 valence electrons. The molecule has 0 atom stereocenters. The van der Waals surface area contributed by atoms with Crippen LogP contribution in [0.15, 0.2) is 46.3 Å². The van der Waals surface area contributed by atoms with Crippen molar-refractivity contribution in [1.29, 1.82) is 0 Å². The highest BCUT2D eigenvalue weighted by molar-refractivity contribution is 7.13. The molecule has 0 aliphatic rings. The maximum Gasteiger partial charge on any atom is 0.250 e. The summed E-state index contributed by atoms with van der Waals surface area (Å²) in [6, 6.07) is 7.20. The fourth-order valence-electron chi connectivity index (χ4n) is 1.71. The van der Waals surface area contributed by atoms with E-state index in [1.807, 2.05) is 12.1 Å². The van der Waals surface area contributed by atoms with E-state index in [1.54, 1.807) is 29.8 Å². The van der Waals surface area contributed by atoms with Gasteiger partial charge in [0.15, 0.2) is 5.13 Å². The van der Waals surface area contributed by atoms with E-state index in [2.05, 4.69) is 10.3 Å². The summed E-state index contributed by atoms with van der Waals surface area (Å²) in [6.07, 6.45) is 4.64. The highest BCUT2D eigenvalue weighted by atomic mass is 35.5. The number of nitrogens with zero attached hydrogens (tertiary/aromatic N) is 1. The number of aromatic nitrogens is 1. The van der Waals surface area contributed by atoms with Gasteiger partial charge in [-0.05, 0) is 30.3 Å². The monoisotopic (exact) mass is 304 g/mol. The molecule has 0 aliphatic carbocycles. The van der Waals surface area contributed by atoms with Crippen molar-refractivity contribution in [3.05, 3.63) is 52.7 Å². The Bertz CT molecular complexity index is 778. The quantitative estimate of drug-likeness (QED) is 0.738. The van der Waals surface area contributed by atoms with Gasteiger partial charge in [0.2, 0.25) is 5.91 Å². The van der Waals surface area contributed by atoms with Crippen molar-refractivity contribution in [1.82, 2.24) is 4.98 Å². The highest BCUT2D eigenvalue weighted by Gasteiger charge is 2.03. The van der Waals surface area contributed by atoms with E-state index < -0.39 is 0 Å². The molecule has 1 amide bonds. The lowest BCUT2D eigenvalue weighted by Gasteiger charge is -1.93. The third kappa shape index (κ3) is 2.89. The summed E-state index contributed by atoms with van der Waals surface area (Å²) in [5.41, 5.74) is 0.731. The molecule has 0 fully saturated rings. The number of fused-ring (bicyclic) bond motifs is 1. The standard InChI is InChI=1S/C14H9ClN2O2S/c15-10-1-3-12-9(7-10)8-11(19-12)2-4-13(18)17-14-16-5-6-20-14/h1-8H,(H,16,17,18)/b4-2+. The van der Waals surface area contributed by atoms with Crippen molar-refractivity contribution in [3.63, 3.8) is 0 Å². The SMILES string of the molecule is O=C(/C=C/c1cc2cc(Cl)ccc2o1)Nc1nccs1. The van der Waals surface area contributed by atoms with E-state index in [-0.39, 0.29) is 5.91 Å². The first-order chi connectivity index (χ1) is 9.70. The molecule has 4 nitrogen and oxygen atoms in total. The van der Waals surface area contributed by atoms with Gasteiger partial charge in [-0.25, -0.2) is 4.98 Å². The number of nitrogens with one attached hydrogen (secondary N) is 1. The van der Waals surface area contributed by atoms with Crippen molar-refractivity contribution < 1.29 is 9.21 Å². The van der Waals surface area contributed by atoms with Gasteiger partial charge in [-0.1, -0.05) is 11.6 Å². The minimum Gasteiger partial charge on any atom is -0.457 e. The van der Waals surface area contributed by atoms with Crippen LogP contribution in [0.1, 0.15) is 5.76 Å². The number of hydrogen-bond acceptors (Lipinski definition) is 4. The van der Waals surface area contributed by atoms with Crippen LogP contribution in [0.4, 0.5) is 5.13 Å². The lowest BCUT2D eigenvalue weighted by Crippen LogP contribution is -2.06. The van der Waals surface area contributed by atoms with Crippen molar-refractivity contribution >= 4 is 51.0 Å². The molecule has 2 heterocycles. The second-order valence-corrected chi connectivity index (χ2v) is 5.32. The number of rotatable bonds is 3. The molecular weight excluding hydrogens is 296 g/mol. The van der Waals surface area contributed by atoms with E-state index in [9.17, 15) is 4.79 Å². The second-order valence-electron chi connectivity index (χ2n) is 3.99. The van der Waals surface area contributed by atoms with Crippen LogP contribution in [-0.2, 0) is 4.79 Å². The molecule has 1 N–H and O–H groups in total. The average molecular weight is 305 g/mol. The first kappa shape index (κ1) is 12.9. The van der Waals surface area contributed by atoms with Gasteiger partial charge in [0, 0.05) is 28.1 Å². The Morgan fingerprint density at radius 2 is 2.30 bits per heavy atom. The molecule has 0 bridgehead atoms. The van der Waals surface area contributed by atoms with Crippen LogP contribution in [-0.4, -0.2) is 10.9 Å². The van der Waals surface area contributed by atoms with Gasteiger partial charge in [0.1, 0.15) is 11.3 Å². The highest BCUT2D eigenvalue weighted by Crippen LogP contribution is 2.23. The largest absolute Gasteiger partial charge is 0.457 e. The summed E-state index contributed by atoms with van der Waals surface area (Å²) in [4.78, 5) is 15.6. The van der Waals surface area contributed by atoms with Gasteiger partial charge >= 0.3 is 0 Å². The minimum atomic E-state index is -0.251. The smallest absolute Gasteiger partial charge is 0.250 e. The molecule has 0 radical (unpaired) electrons. The summed E-state index contributed by atoms with van der Waals surface area (Å²) in [5, 5.41) is 6.56. The zero-order valence-corrected chi connectivity index (χ0v) is 11.7. The number of thiazole rings is 1. The molecule has 6 heteroatoms. The molecule has 0 spiro atoms. The van der Waals surface area contributed by atoms with E-state index >= 15 is 0 Å². The van der Waals surface area contributed by atoms with Crippen molar-refractivity contribution in [3.8, 4) is 0 Å². The van der Waals surface area contributed by atoms with Crippen LogP contribution in [0.25, 0.3) is 17.0 Å². The lowest BCUT2D eigenvalue weighted by atomic mass is 10.2. The first-order valence-corrected chi connectivity index (χ1v) is 7.04. The Morgan fingerprint density at radius 3 is 3.10 bits per heavy atom. The second kappa shape index (κ2) is 5.48. The topological polar surface area (TPSA) is 55.1 Å². The Hall–Kier alpha value is -2.11. The molecule has 0 saturated heterocycles. The number of hydrogen-bond donors (Lipinski definition) is 1. The van der Waals surface area contributed by atoms with Crippen molar-refractivity contribution in [2.24, 2.45) is 0 Å². The Morgan fingerprint density at radius 1 is 1.40 bits per heavy atom. The normalized spacial score (nSPS) is 11.2. The van der Waals surface area contributed by atoms with Crippen LogP contribution >= 0.6 is 22.9 Å². The van der Waals surface area contributed by atoms with E-state index in [0.717, 1.165) is 11.0 Å². The summed E-state index contributed by atoms with van der Waals surface area (Å²) >= 11 is 7.27. The van der Waals surface area contributed by atoms with Crippen molar-refractivity contribution in [2.75, 3.05) is 5.32 Å². The van der Waals surface area contributed by atoms with Gasteiger partial charge in [0.05, 0.1) is 0 Å². The Balaban J connectivity index is 1.75. The Kier molecular flexibility index (Phi) is 3.54. The first-order valence-electron chi connectivity index (χ1n) is 5.78. The molecule has 0 aliphatic heterocycles. The average Bonchev–Trinajstić information content (AvgIpc) is 3.04. The summed E-state index contributed by atoms with van der Waals surface area (Å²) in [6.45, 7) is 0. The Labute approximate surface area is 123 Å². The minimum absolute atomic E-state index is 0.251. The van der Waals surface area contributed by atoms with Gasteiger partial charge < -0.3 is 4.42 Å². The summed E-state index contributed by atoms with van der Waals surface area (Å²) in [5.74, 6) is 0.343. The maximum absolute atomic E-state index is 11.7. The number of carbonyl (C=O) groups is 1. The van der Waals surface area contributed by atoms with Crippen LogP contribution in [0, 0.1) is 0 Å². The van der Waals surface area contributed by atoms with Crippen LogP contribution in [0.3, 0.4) is 0 Å². The van der Waals surface area contributed by atoms with Gasteiger partial charge in [0.25, 0.3) is 0 Å². The van der Waals surface area contributed by atoms with Crippen LogP contribution in [0.5, 0.6) is 0 Å². The molecule has 0 saturated carbocycles. The third-order valence-corrected chi connectivity index (χ3v) is 3.48. The predicted octanol–water partition coefficient (Wildman–Crippen LogP) is 4.19. The van der Waals surface area contributed by atoms with Gasteiger partial charge in [-0.15, -0.1) is 11.3 Å². The zero-order chi connectivity index (χ0) is 13.9. The molecule has 0 unspecified atom stereocenters. The molecule has 1 aromatic carbocycles. The number of benzene rings is 1. The number of furan rings is 1. The number of halogens is 1. The van der Waals surface area contributed by atoms with Gasteiger partial charge in [-0.3, -0.25) is 10.1 Å². The number of amides is 1. The number of carbonyl (C=O) groups excluding carboxylic acids is 1. The third-order valence-electron chi connectivity index (χ3n) is 2.56.